The van der Waals surface area contributed by atoms with E-state index < -0.39 is 0 Å². The zero-order valence-electron chi connectivity index (χ0n) is 8.83. The average Bonchev–Trinajstić information content (AvgIpc) is 2.87. The van der Waals surface area contributed by atoms with Gasteiger partial charge in [0, 0.05) is 26.2 Å². The van der Waals surface area contributed by atoms with Gasteiger partial charge in [0.15, 0.2) is 0 Å². The zero-order valence-corrected chi connectivity index (χ0v) is 8.83. The number of likely N-dealkylation sites (N-methyl/N-ethyl adjacent to an activating group) is 1. The lowest BCUT2D eigenvalue weighted by Crippen LogP contribution is -2.37. The molecule has 78 valence electrons. The smallest absolute Gasteiger partial charge is 0.0823 e. The summed E-state index contributed by atoms with van der Waals surface area (Å²) in [6.45, 7) is 5.59. The second-order valence-electron chi connectivity index (χ2n) is 3.98. The molecule has 0 spiro atoms. The molecule has 0 aromatic carbocycles. The molecule has 0 aromatic rings. The van der Waals surface area contributed by atoms with Crippen molar-refractivity contribution in [3.05, 3.63) is 0 Å². The molecule has 1 fully saturated rings. The number of nitrogens with zero attached hydrogens (tertiary/aromatic N) is 1. The minimum Gasteiger partial charge on any atom is -0.376 e. The summed E-state index contributed by atoms with van der Waals surface area (Å²) in [6, 6.07) is 0. The fraction of sp³-hybridized carbons (Fsp3) is 1.00. The summed E-state index contributed by atoms with van der Waals surface area (Å²) in [5, 5.41) is 0. The zero-order chi connectivity index (χ0) is 9.68. The van der Waals surface area contributed by atoms with Crippen LogP contribution in [0.5, 0.6) is 0 Å². The molecular weight excluding hydrogens is 164 g/mol. The first kappa shape index (κ1) is 11.0. The second kappa shape index (κ2) is 5.58. The Balaban J connectivity index is 2.10. The monoisotopic (exact) mass is 186 g/mol. The summed E-state index contributed by atoms with van der Waals surface area (Å²) in [5.41, 5.74) is 5.60. The van der Waals surface area contributed by atoms with Gasteiger partial charge in [0.25, 0.3) is 0 Å². The largest absolute Gasteiger partial charge is 0.376 e. The molecule has 2 N–H and O–H groups in total. The van der Waals surface area contributed by atoms with Crippen LogP contribution in [-0.2, 0) is 4.74 Å². The van der Waals surface area contributed by atoms with Crippen LogP contribution in [0.2, 0.25) is 0 Å². The van der Waals surface area contributed by atoms with Gasteiger partial charge in [-0.25, -0.2) is 0 Å². The Morgan fingerprint density at radius 3 is 2.69 bits per heavy atom. The van der Waals surface area contributed by atoms with Crippen molar-refractivity contribution >= 4 is 0 Å². The normalized spacial score (nSPS) is 19.4. The van der Waals surface area contributed by atoms with Gasteiger partial charge in [-0.05, 0) is 32.7 Å². The Kier molecular flexibility index (Phi) is 4.70. The predicted octanol–water partition coefficient (Wildman–Crippen LogP) is 0.692. The van der Waals surface area contributed by atoms with Gasteiger partial charge in [-0.15, -0.1) is 0 Å². The average molecular weight is 186 g/mol. The van der Waals surface area contributed by atoms with Crippen LogP contribution in [0.3, 0.4) is 0 Å². The fourth-order valence-electron chi connectivity index (χ4n) is 1.59. The first-order chi connectivity index (χ1) is 6.26. The standard InChI is InChI=1S/C10H22N2O/c1-3-13-10(6-11)8-12(2)7-9-4-5-9/h9-10H,3-8,11H2,1-2H3. The van der Waals surface area contributed by atoms with E-state index in [-0.39, 0.29) is 6.10 Å². The molecule has 1 atom stereocenters. The molecule has 0 bridgehead atoms. The second-order valence-corrected chi connectivity index (χ2v) is 3.98. The lowest BCUT2D eigenvalue weighted by Gasteiger charge is -2.22. The summed E-state index contributed by atoms with van der Waals surface area (Å²) >= 11 is 0. The molecule has 0 aliphatic heterocycles. The van der Waals surface area contributed by atoms with Gasteiger partial charge in [-0.3, -0.25) is 0 Å². The van der Waals surface area contributed by atoms with Gasteiger partial charge >= 0.3 is 0 Å². The van der Waals surface area contributed by atoms with Crippen LogP contribution in [0.1, 0.15) is 19.8 Å². The van der Waals surface area contributed by atoms with Gasteiger partial charge in [-0.1, -0.05) is 0 Å². The lowest BCUT2D eigenvalue weighted by atomic mass is 10.3. The Morgan fingerprint density at radius 1 is 1.54 bits per heavy atom. The number of rotatable bonds is 7. The van der Waals surface area contributed by atoms with Gasteiger partial charge in [0.1, 0.15) is 0 Å². The molecule has 0 amide bonds. The van der Waals surface area contributed by atoms with Crippen LogP contribution in [0.25, 0.3) is 0 Å². The molecule has 1 rings (SSSR count). The molecule has 1 unspecified atom stereocenters. The summed E-state index contributed by atoms with van der Waals surface area (Å²) < 4.78 is 5.50. The van der Waals surface area contributed by atoms with E-state index in [0.717, 1.165) is 19.1 Å². The van der Waals surface area contributed by atoms with E-state index in [9.17, 15) is 0 Å². The minimum atomic E-state index is 0.216. The number of nitrogens with two attached hydrogens (primary N) is 1. The third-order valence-electron chi connectivity index (χ3n) is 2.45. The third-order valence-corrected chi connectivity index (χ3v) is 2.45. The van der Waals surface area contributed by atoms with E-state index in [1.807, 2.05) is 6.92 Å². The van der Waals surface area contributed by atoms with Gasteiger partial charge in [0.05, 0.1) is 6.10 Å². The van der Waals surface area contributed by atoms with Crippen molar-refractivity contribution in [3.63, 3.8) is 0 Å². The number of hydrogen-bond donors (Lipinski definition) is 1. The molecule has 0 saturated heterocycles. The Hall–Kier alpha value is -0.120. The van der Waals surface area contributed by atoms with E-state index in [1.165, 1.54) is 19.4 Å². The summed E-state index contributed by atoms with van der Waals surface area (Å²) in [6.07, 6.45) is 3.03. The van der Waals surface area contributed by atoms with Gasteiger partial charge in [0.2, 0.25) is 0 Å². The molecule has 0 aromatic heterocycles. The maximum Gasteiger partial charge on any atom is 0.0823 e. The van der Waals surface area contributed by atoms with Crippen molar-refractivity contribution in [2.45, 2.75) is 25.9 Å². The van der Waals surface area contributed by atoms with E-state index in [1.54, 1.807) is 0 Å². The molecule has 0 heterocycles. The summed E-state index contributed by atoms with van der Waals surface area (Å²) in [4.78, 5) is 2.34. The van der Waals surface area contributed by atoms with Gasteiger partial charge < -0.3 is 15.4 Å². The number of hydrogen-bond acceptors (Lipinski definition) is 3. The molecular formula is C10H22N2O. The molecule has 1 aliphatic carbocycles. The maximum atomic E-state index is 5.60. The predicted molar refractivity (Wildman–Crippen MR) is 54.7 cm³/mol. The van der Waals surface area contributed by atoms with Crippen LogP contribution in [-0.4, -0.2) is 44.3 Å². The first-order valence-electron chi connectivity index (χ1n) is 5.26. The van der Waals surface area contributed by atoms with Crippen molar-refractivity contribution in [1.82, 2.24) is 4.90 Å². The van der Waals surface area contributed by atoms with E-state index in [2.05, 4.69) is 11.9 Å². The van der Waals surface area contributed by atoms with Crippen LogP contribution < -0.4 is 5.73 Å². The quantitative estimate of drug-likeness (QED) is 0.636. The van der Waals surface area contributed by atoms with Crippen molar-refractivity contribution in [1.29, 1.82) is 0 Å². The highest BCUT2D eigenvalue weighted by molar-refractivity contribution is 4.77. The third kappa shape index (κ3) is 4.60. The summed E-state index contributed by atoms with van der Waals surface area (Å²) in [7, 11) is 2.15. The van der Waals surface area contributed by atoms with E-state index >= 15 is 0 Å². The van der Waals surface area contributed by atoms with Crippen molar-refractivity contribution in [2.24, 2.45) is 11.7 Å². The molecule has 3 nitrogen and oxygen atoms in total. The minimum absolute atomic E-state index is 0.216. The van der Waals surface area contributed by atoms with Crippen molar-refractivity contribution in [2.75, 3.05) is 33.3 Å². The van der Waals surface area contributed by atoms with Crippen LogP contribution in [0, 0.1) is 5.92 Å². The Bertz CT molecular complexity index is 137. The topological polar surface area (TPSA) is 38.5 Å². The van der Waals surface area contributed by atoms with E-state index in [0.29, 0.717) is 6.54 Å². The molecule has 13 heavy (non-hydrogen) atoms. The highest BCUT2D eigenvalue weighted by atomic mass is 16.5. The highest BCUT2D eigenvalue weighted by Gasteiger charge is 2.23. The van der Waals surface area contributed by atoms with Crippen LogP contribution >= 0.6 is 0 Å². The van der Waals surface area contributed by atoms with Crippen molar-refractivity contribution < 1.29 is 4.74 Å². The maximum absolute atomic E-state index is 5.60. The van der Waals surface area contributed by atoms with Gasteiger partial charge in [-0.2, -0.15) is 0 Å². The summed E-state index contributed by atoms with van der Waals surface area (Å²) in [5.74, 6) is 0.949. The number of ether oxygens (including phenoxy) is 1. The first-order valence-corrected chi connectivity index (χ1v) is 5.26. The SMILES string of the molecule is CCOC(CN)CN(C)CC1CC1. The fourth-order valence-corrected chi connectivity index (χ4v) is 1.59. The highest BCUT2D eigenvalue weighted by Crippen LogP contribution is 2.29. The van der Waals surface area contributed by atoms with Crippen LogP contribution in [0.4, 0.5) is 0 Å². The Morgan fingerprint density at radius 2 is 2.23 bits per heavy atom. The molecule has 1 saturated carbocycles. The van der Waals surface area contributed by atoms with E-state index in [4.69, 9.17) is 10.5 Å². The molecule has 0 radical (unpaired) electrons. The Labute approximate surface area is 81.2 Å². The van der Waals surface area contributed by atoms with Crippen LogP contribution in [0.15, 0.2) is 0 Å². The molecule has 1 aliphatic rings. The molecule has 3 heteroatoms. The lowest BCUT2D eigenvalue weighted by molar-refractivity contribution is 0.0444. The van der Waals surface area contributed by atoms with Crippen molar-refractivity contribution in [3.8, 4) is 0 Å².